The van der Waals surface area contributed by atoms with Crippen molar-refractivity contribution in [2.24, 2.45) is 5.73 Å². The van der Waals surface area contributed by atoms with Crippen LogP contribution < -0.4 is 21.7 Å². The van der Waals surface area contributed by atoms with Crippen LogP contribution in [0.3, 0.4) is 0 Å². The molecule has 146 valence electrons. The molecule has 2 aliphatic heterocycles. The van der Waals surface area contributed by atoms with Crippen LogP contribution in [0.4, 0.5) is 5.69 Å². The third kappa shape index (κ3) is 4.22. The van der Waals surface area contributed by atoms with E-state index in [1.165, 1.54) is 11.9 Å². The van der Waals surface area contributed by atoms with Crippen LogP contribution in [-0.2, 0) is 19.1 Å². The molecule has 0 aliphatic carbocycles. The Kier molecular flexibility index (Phi) is 5.95. The molecule has 10 heteroatoms. The van der Waals surface area contributed by atoms with Crippen LogP contribution in [0.25, 0.3) is 0 Å². The van der Waals surface area contributed by atoms with E-state index in [2.05, 4.69) is 16.0 Å². The van der Waals surface area contributed by atoms with Gasteiger partial charge in [0.1, 0.15) is 24.5 Å². The minimum atomic E-state index is -0.932. The van der Waals surface area contributed by atoms with Crippen LogP contribution in [0.15, 0.2) is 24.3 Å². The fraction of sp³-hybridized carbons (Fsp3) is 0.471. The number of nitrogens with two attached hydrogens (primary N) is 1. The zero-order valence-corrected chi connectivity index (χ0v) is 15.5. The number of hydrogen-bond acceptors (Lipinski definition) is 6. The summed E-state index contributed by atoms with van der Waals surface area (Å²) in [6.07, 6.45) is -0.365. The Morgan fingerprint density at radius 2 is 2.00 bits per heavy atom. The highest BCUT2D eigenvalue weighted by molar-refractivity contribution is 6.30. The Labute approximate surface area is 161 Å². The van der Waals surface area contributed by atoms with Crippen molar-refractivity contribution >= 4 is 35.0 Å². The van der Waals surface area contributed by atoms with E-state index in [-0.39, 0.29) is 18.4 Å². The number of rotatable bonds is 5. The van der Waals surface area contributed by atoms with Gasteiger partial charge in [0.25, 0.3) is 5.91 Å². The lowest BCUT2D eigenvalue weighted by Crippen LogP contribution is -2.63. The van der Waals surface area contributed by atoms with Gasteiger partial charge in [-0.1, -0.05) is 11.6 Å². The number of hydrogen-bond donors (Lipinski definition) is 4. The quantitative estimate of drug-likeness (QED) is 0.503. The van der Waals surface area contributed by atoms with E-state index in [0.29, 0.717) is 23.6 Å². The molecule has 2 unspecified atom stereocenters. The highest BCUT2D eigenvalue weighted by Crippen LogP contribution is 2.30. The summed E-state index contributed by atoms with van der Waals surface area (Å²) in [7, 11) is 1.54. The first-order valence-electron chi connectivity index (χ1n) is 8.64. The Bertz CT molecular complexity index is 729. The molecule has 0 aromatic heterocycles. The second-order valence-corrected chi connectivity index (χ2v) is 6.89. The number of halogens is 1. The molecule has 3 amide bonds. The summed E-state index contributed by atoms with van der Waals surface area (Å²) in [6, 6.07) is 5.15. The van der Waals surface area contributed by atoms with Gasteiger partial charge >= 0.3 is 0 Å². The van der Waals surface area contributed by atoms with E-state index >= 15 is 0 Å². The summed E-state index contributed by atoms with van der Waals surface area (Å²) < 4.78 is 5.68. The molecule has 1 aromatic rings. The first kappa shape index (κ1) is 19.6. The van der Waals surface area contributed by atoms with Crippen LogP contribution in [0.5, 0.6) is 0 Å². The van der Waals surface area contributed by atoms with Crippen molar-refractivity contribution in [1.82, 2.24) is 15.5 Å². The molecule has 2 fully saturated rings. The number of likely N-dealkylation sites (N-methyl/N-ethyl adjacent to an activating group) is 1. The number of amides is 3. The van der Waals surface area contributed by atoms with Gasteiger partial charge in [-0.15, -0.1) is 0 Å². The standard InChI is InChI=1S/C17H22ClN5O4/c1-20-14(19)16(25)22-11-8-27-13-7-6-12(23(13)17(11)26)15(24)21-10-4-2-9(18)3-5-10/h2-5,11-14,20H,6-8,19H2,1H3,(H,21,24)(H,22,25)/t11?,12?,13-,14+/m0/s1. The molecule has 1 aromatic carbocycles. The summed E-state index contributed by atoms with van der Waals surface area (Å²) >= 11 is 5.85. The number of fused-ring (bicyclic) bond motifs is 1. The van der Waals surface area contributed by atoms with E-state index in [1.807, 2.05) is 0 Å². The molecule has 0 saturated carbocycles. The van der Waals surface area contributed by atoms with Crippen LogP contribution >= 0.6 is 11.6 Å². The number of carbonyl (C=O) groups is 3. The smallest absolute Gasteiger partial charge is 0.252 e. The average Bonchev–Trinajstić information content (AvgIpc) is 3.10. The molecule has 4 atom stereocenters. The van der Waals surface area contributed by atoms with Crippen molar-refractivity contribution < 1.29 is 19.1 Å². The van der Waals surface area contributed by atoms with E-state index in [0.717, 1.165) is 0 Å². The fourth-order valence-corrected chi connectivity index (χ4v) is 3.34. The normalized spacial score (nSPS) is 25.7. The fourth-order valence-electron chi connectivity index (χ4n) is 3.21. The maximum absolute atomic E-state index is 12.8. The first-order valence-corrected chi connectivity index (χ1v) is 9.02. The van der Waals surface area contributed by atoms with E-state index in [9.17, 15) is 14.4 Å². The summed E-state index contributed by atoms with van der Waals surface area (Å²) in [5, 5.41) is 8.50. The molecular weight excluding hydrogens is 374 g/mol. The third-order valence-electron chi connectivity index (χ3n) is 4.67. The van der Waals surface area contributed by atoms with Gasteiger partial charge in [0.05, 0.1) is 6.61 Å². The molecule has 0 bridgehead atoms. The van der Waals surface area contributed by atoms with Crippen molar-refractivity contribution in [3.05, 3.63) is 29.3 Å². The molecule has 2 aliphatic rings. The molecule has 27 heavy (non-hydrogen) atoms. The van der Waals surface area contributed by atoms with Crippen molar-refractivity contribution in [1.29, 1.82) is 0 Å². The molecular formula is C17H22ClN5O4. The molecule has 2 heterocycles. The largest absolute Gasteiger partial charge is 0.356 e. The highest BCUT2D eigenvalue weighted by Gasteiger charge is 2.47. The minimum Gasteiger partial charge on any atom is -0.356 e. The average molecular weight is 396 g/mol. The van der Waals surface area contributed by atoms with Gasteiger partial charge in [-0.05, 0) is 44.2 Å². The SMILES string of the molecule is CN[C@@H](N)C(=O)NC1CO[C@H]2CCC(C(=O)Nc3ccc(Cl)cc3)N2C1=O. The topological polar surface area (TPSA) is 126 Å². The van der Waals surface area contributed by atoms with Gasteiger partial charge in [-0.2, -0.15) is 0 Å². The van der Waals surface area contributed by atoms with E-state index < -0.39 is 30.4 Å². The van der Waals surface area contributed by atoms with Crippen molar-refractivity contribution in [2.45, 2.75) is 37.3 Å². The monoisotopic (exact) mass is 395 g/mol. The Hall–Kier alpha value is -2.20. The summed E-state index contributed by atoms with van der Waals surface area (Å²) in [6.45, 7) is 0.0493. The van der Waals surface area contributed by atoms with E-state index in [4.69, 9.17) is 22.1 Å². The van der Waals surface area contributed by atoms with Gasteiger partial charge in [-0.25, -0.2) is 0 Å². The molecule has 2 saturated heterocycles. The Morgan fingerprint density at radius 3 is 2.67 bits per heavy atom. The molecule has 0 spiro atoms. The second-order valence-electron chi connectivity index (χ2n) is 6.45. The molecule has 3 rings (SSSR count). The lowest BCUT2D eigenvalue weighted by Gasteiger charge is -2.37. The minimum absolute atomic E-state index is 0.0493. The maximum atomic E-state index is 12.8. The summed E-state index contributed by atoms with van der Waals surface area (Å²) in [5.41, 5.74) is 6.18. The van der Waals surface area contributed by atoms with Crippen LogP contribution in [-0.4, -0.2) is 60.8 Å². The molecule has 5 N–H and O–H groups in total. The second kappa shape index (κ2) is 8.22. The number of carbonyl (C=O) groups excluding carboxylic acids is 3. The van der Waals surface area contributed by atoms with Crippen LogP contribution in [0.2, 0.25) is 5.02 Å². The van der Waals surface area contributed by atoms with Crippen LogP contribution in [0.1, 0.15) is 12.8 Å². The summed E-state index contributed by atoms with van der Waals surface area (Å²) in [5.74, 6) is -1.17. The third-order valence-corrected chi connectivity index (χ3v) is 4.92. The lowest BCUT2D eigenvalue weighted by atomic mass is 10.1. The lowest BCUT2D eigenvalue weighted by molar-refractivity contribution is -0.166. The van der Waals surface area contributed by atoms with Gasteiger partial charge < -0.3 is 26.0 Å². The zero-order chi connectivity index (χ0) is 19.6. The predicted octanol–water partition coefficient (Wildman–Crippen LogP) is -0.385. The molecule has 9 nitrogen and oxygen atoms in total. The van der Waals surface area contributed by atoms with Crippen molar-refractivity contribution in [3.63, 3.8) is 0 Å². The number of nitrogens with zero attached hydrogens (tertiary/aromatic N) is 1. The highest BCUT2D eigenvalue weighted by atomic mass is 35.5. The predicted molar refractivity (Wildman–Crippen MR) is 98.7 cm³/mol. The van der Waals surface area contributed by atoms with Gasteiger partial charge in [0.2, 0.25) is 11.8 Å². The number of ether oxygens (including phenoxy) is 1. The van der Waals surface area contributed by atoms with Gasteiger partial charge in [-0.3, -0.25) is 19.7 Å². The zero-order valence-electron chi connectivity index (χ0n) is 14.8. The number of anilines is 1. The Morgan fingerprint density at radius 1 is 1.30 bits per heavy atom. The number of benzene rings is 1. The van der Waals surface area contributed by atoms with Crippen molar-refractivity contribution in [3.8, 4) is 0 Å². The maximum Gasteiger partial charge on any atom is 0.252 e. The van der Waals surface area contributed by atoms with Gasteiger partial charge in [0, 0.05) is 10.7 Å². The van der Waals surface area contributed by atoms with Crippen molar-refractivity contribution in [2.75, 3.05) is 19.0 Å². The summed E-state index contributed by atoms with van der Waals surface area (Å²) in [4.78, 5) is 38.9. The van der Waals surface area contributed by atoms with E-state index in [1.54, 1.807) is 24.3 Å². The number of nitrogens with one attached hydrogen (secondary N) is 3. The van der Waals surface area contributed by atoms with Gasteiger partial charge in [0.15, 0.2) is 0 Å². The Balaban J connectivity index is 1.68. The molecule has 0 radical (unpaired) electrons. The van der Waals surface area contributed by atoms with Crippen LogP contribution in [0, 0.1) is 0 Å². The first-order chi connectivity index (χ1) is 12.9.